The van der Waals surface area contributed by atoms with Crippen molar-refractivity contribution in [1.29, 1.82) is 0 Å². The fourth-order valence-corrected chi connectivity index (χ4v) is 3.36. The van der Waals surface area contributed by atoms with Crippen molar-refractivity contribution in [2.75, 3.05) is 26.2 Å². The van der Waals surface area contributed by atoms with Gasteiger partial charge >= 0.3 is 6.18 Å². The molecule has 2 rings (SSSR count). The Kier molecular flexibility index (Phi) is 5.90. The number of carbonyl (C=O) groups excluding carboxylic acids is 1. The van der Waals surface area contributed by atoms with Gasteiger partial charge in [0, 0.05) is 24.6 Å². The number of hydrogen-bond donors (Lipinski definition) is 1. The van der Waals surface area contributed by atoms with E-state index in [1.165, 1.54) is 4.90 Å². The van der Waals surface area contributed by atoms with E-state index in [9.17, 15) is 18.0 Å². The number of halogens is 3. The molecular weight excluding hydrogens is 323 g/mol. The van der Waals surface area contributed by atoms with Crippen molar-refractivity contribution in [3.63, 3.8) is 0 Å². The van der Waals surface area contributed by atoms with Crippen LogP contribution in [0.2, 0.25) is 0 Å². The molecule has 1 aliphatic heterocycles. The van der Waals surface area contributed by atoms with Gasteiger partial charge in [-0.2, -0.15) is 13.2 Å². The lowest BCUT2D eigenvalue weighted by Gasteiger charge is -2.32. The summed E-state index contributed by atoms with van der Waals surface area (Å²) < 4.78 is 42.6. The summed E-state index contributed by atoms with van der Waals surface area (Å²) in [6, 6.07) is 0. The van der Waals surface area contributed by atoms with Gasteiger partial charge in [-0.15, -0.1) is 0 Å². The number of rotatable bonds is 5. The fourth-order valence-electron chi connectivity index (χ4n) is 3.36. The highest BCUT2D eigenvalue weighted by Gasteiger charge is 2.34. The highest BCUT2D eigenvalue weighted by Crippen LogP contribution is 2.24. The minimum absolute atomic E-state index is 0.0371. The van der Waals surface area contributed by atoms with Crippen LogP contribution in [0.5, 0.6) is 0 Å². The Morgan fingerprint density at radius 3 is 2.75 bits per heavy atom. The minimum Gasteiger partial charge on any atom is -0.361 e. The molecule has 0 radical (unpaired) electrons. The highest BCUT2D eigenvalue weighted by molar-refractivity contribution is 5.79. The molecule has 0 bridgehead atoms. The van der Waals surface area contributed by atoms with Gasteiger partial charge in [-0.25, -0.2) is 0 Å². The average molecular weight is 347 g/mol. The Morgan fingerprint density at radius 2 is 2.17 bits per heavy atom. The van der Waals surface area contributed by atoms with Gasteiger partial charge in [0.05, 0.1) is 18.2 Å². The molecule has 1 aliphatic rings. The van der Waals surface area contributed by atoms with Gasteiger partial charge in [0.25, 0.3) is 0 Å². The van der Waals surface area contributed by atoms with Gasteiger partial charge < -0.3 is 9.84 Å². The summed E-state index contributed by atoms with van der Waals surface area (Å²) in [6.45, 7) is 5.64. The molecule has 8 heteroatoms. The molecule has 2 atom stereocenters. The summed E-state index contributed by atoms with van der Waals surface area (Å²) >= 11 is 0. The van der Waals surface area contributed by atoms with Crippen LogP contribution in [-0.2, 0) is 4.79 Å². The summed E-state index contributed by atoms with van der Waals surface area (Å²) in [6.07, 6.45) is -3.00. The molecule has 0 spiro atoms. The van der Waals surface area contributed by atoms with Gasteiger partial charge in [-0.05, 0) is 33.2 Å². The molecule has 2 heterocycles. The average Bonchev–Trinajstić information content (AvgIpc) is 2.82. The third kappa shape index (κ3) is 4.96. The second-order valence-corrected chi connectivity index (χ2v) is 6.57. The molecule has 0 aromatic carbocycles. The SMILES string of the molecule is Cc1noc(C)c1C(C)CNC(=O)C1CCCN(CC(F)(F)F)C1. The number of aryl methyl sites for hydroxylation is 2. The van der Waals surface area contributed by atoms with Crippen molar-refractivity contribution in [1.82, 2.24) is 15.4 Å². The van der Waals surface area contributed by atoms with Crippen LogP contribution in [0.1, 0.15) is 42.7 Å². The summed E-state index contributed by atoms with van der Waals surface area (Å²) in [5.74, 6) is 0.191. The topological polar surface area (TPSA) is 58.4 Å². The largest absolute Gasteiger partial charge is 0.401 e. The Bertz CT molecular complexity index is 552. The lowest BCUT2D eigenvalue weighted by molar-refractivity contribution is -0.152. The maximum atomic E-state index is 12.5. The van der Waals surface area contributed by atoms with Crippen LogP contribution in [0, 0.1) is 19.8 Å². The minimum atomic E-state index is -4.23. The summed E-state index contributed by atoms with van der Waals surface area (Å²) in [5, 5.41) is 6.76. The Balaban J connectivity index is 1.86. The number of aromatic nitrogens is 1. The zero-order valence-corrected chi connectivity index (χ0v) is 14.2. The Hall–Kier alpha value is -1.57. The Labute approximate surface area is 139 Å². The highest BCUT2D eigenvalue weighted by atomic mass is 19.4. The number of likely N-dealkylation sites (tertiary alicyclic amines) is 1. The quantitative estimate of drug-likeness (QED) is 0.890. The van der Waals surface area contributed by atoms with Gasteiger partial charge in [0.15, 0.2) is 0 Å². The molecule has 136 valence electrons. The van der Waals surface area contributed by atoms with Gasteiger partial charge in [-0.3, -0.25) is 9.69 Å². The van der Waals surface area contributed by atoms with Crippen molar-refractivity contribution in [2.45, 2.75) is 45.7 Å². The lowest BCUT2D eigenvalue weighted by atomic mass is 9.96. The third-order valence-corrected chi connectivity index (χ3v) is 4.44. The van der Waals surface area contributed by atoms with Gasteiger partial charge in [0.1, 0.15) is 5.76 Å². The number of carbonyl (C=O) groups is 1. The van der Waals surface area contributed by atoms with Crippen LogP contribution < -0.4 is 5.32 Å². The smallest absolute Gasteiger partial charge is 0.361 e. The zero-order valence-electron chi connectivity index (χ0n) is 14.2. The van der Waals surface area contributed by atoms with Crippen molar-refractivity contribution in [2.24, 2.45) is 5.92 Å². The van der Waals surface area contributed by atoms with E-state index in [1.54, 1.807) is 0 Å². The number of hydrogen-bond acceptors (Lipinski definition) is 4. The molecule has 0 saturated carbocycles. The molecule has 1 saturated heterocycles. The molecule has 24 heavy (non-hydrogen) atoms. The number of nitrogens with zero attached hydrogens (tertiary/aromatic N) is 2. The van der Waals surface area contributed by atoms with Crippen LogP contribution in [0.15, 0.2) is 4.52 Å². The first kappa shape index (κ1) is 18.8. The molecule has 1 fully saturated rings. The second kappa shape index (κ2) is 7.55. The molecule has 5 nitrogen and oxygen atoms in total. The van der Waals surface area contributed by atoms with Crippen molar-refractivity contribution in [3.8, 4) is 0 Å². The first-order valence-electron chi connectivity index (χ1n) is 8.17. The molecule has 1 aromatic heterocycles. The van der Waals surface area contributed by atoms with Gasteiger partial charge in [0.2, 0.25) is 5.91 Å². The second-order valence-electron chi connectivity index (χ2n) is 6.57. The number of piperidine rings is 1. The normalized spacial score (nSPS) is 20.8. The van der Waals surface area contributed by atoms with Crippen molar-refractivity contribution < 1.29 is 22.5 Å². The zero-order chi connectivity index (χ0) is 17.9. The first-order chi connectivity index (χ1) is 11.2. The Morgan fingerprint density at radius 1 is 1.46 bits per heavy atom. The maximum Gasteiger partial charge on any atom is 0.401 e. The molecule has 0 aliphatic carbocycles. The maximum absolute atomic E-state index is 12.5. The van der Waals surface area contributed by atoms with Crippen molar-refractivity contribution in [3.05, 3.63) is 17.0 Å². The predicted molar refractivity (Wildman–Crippen MR) is 82.6 cm³/mol. The monoisotopic (exact) mass is 347 g/mol. The van der Waals surface area contributed by atoms with Crippen LogP contribution in [0.4, 0.5) is 13.2 Å². The summed E-state index contributed by atoms with van der Waals surface area (Å²) in [7, 11) is 0. The third-order valence-electron chi connectivity index (χ3n) is 4.44. The predicted octanol–water partition coefficient (Wildman–Crippen LogP) is 2.79. The van der Waals surface area contributed by atoms with E-state index in [2.05, 4.69) is 10.5 Å². The molecular formula is C16H24F3N3O2. The molecule has 1 N–H and O–H groups in total. The number of alkyl halides is 3. The number of nitrogens with one attached hydrogen (secondary N) is 1. The van der Waals surface area contributed by atoms with E-state index in [0.717, 1.165) is 17.0 Å². The molecule has 2 unspecified atom stereocenters. The van der Waals surface area contributed by atoms with E-state index in [4.69, 9.17) is 4.52 Å². The summed E-state index contributed by atoms with van der Waals surface area (Å²) in [4.78, 5) is 13.6. The van der Waals surface area contributed by atoms with Crippen LogP contribution in [-0.4, -0.2) is 48.3 Å². The van der Waals surface area contributed by atoms with E-state index in [1.807, 2.05) is 20.8 Å². The van der Waals surface area contributed by atoms with E-state index >= 15 is 0 Å². The van der Waals surface area contributed by atoms with Crippen molar-refractivity contribution >= 4 is 5.91 Å². The fraction of sp³-hybridized carbons (Fsp3) is 0.750. The standard InChI is InChI=1S/C16H24F3N3O2/c1-10(14-11(2)21-24-12(14)3)7-20-15(23)13-5-4-6-22(8-13)9-16(17,18)19/h10,13H,4-9H2,1-3H3,(H,20,23). The van der Waals surface area contributed by atoms with E-state index in [-0.39, 0.29) is 18.4 Å². The molecule has 1 aromatic rings. The van der Waals surface area contributed by atoms with E-state index < -0.39 is 18.6 Å². The molecule has 1 amide bonds. The summed E-state index contributed by atoms with van der Waals surface area (Å²) in [5.41, 5.74) is 1.76. The van der Waals surface area contributed by atoms with Gasteiger partial charge in [-0.1, -0.05) is 12.1 Å². The van der Waals surface area contributed by atoms with Crippen LogP contribution in [0.25, 0.3) is 0 Å². The van der Waals surface area contributed by atoms with Crippen LogP contribution in [0.3, 0.4) is 0 Å². The first-order valence-corrected chi connectivity index (χ1v) is 8.17. The van der Waals surface area contributed by atoms with Crippen LogP contribution >= 0.6 is 0 Å². The lowest BCUT2D eigenvalue weighted by Crippen LogP contribution is -2.46. The van der Waals surface area contributed by atoms with E-state index in [0.29, 0.717) is 25.9 Å². The number of amides is 1.